The Hall–Kier alpha value is -0.820. The van der Waals surface area contributed by atoms with Gasteiger partial charge in [-0.3, -0.25) is 0 Å². The Labute approximate surface area is 118 Å². The third-order valence-electron chi connectivity index (χ3n) is 4.35. The van der Waals surface area contributed by atoms with Gasteiger partial charge in [0, 0.05) is 0 Å². The molecule has 0 spiro atoms. The molecule has 2 rings (SSSR count). The number of hydrogen-bond donors (Lipinski definition) is 1. The van der Waals surface area contributed by atoms with Gasteiger partial charge in [0.15, 0.2) is 0 Å². The fourth-order valence-electron chi connectivity index (χ4n) is 3.33. The van der Waals surface area contributed by atoms with Crippen LogP contribution >= 0.6 is 0 Å². The molecule has 1 N–H and O–H groups in total. The molecule has 2 unspecified atom stereocenters. The molecule has 0 saturated heterocycles. The Balaban J connectivity index is 1.99. The second-order valence-corrected chi connectivity index (χ2v) is 6.47. The zero-order chi connectivity index (χ0) is 13.5. The molecule has 0 radical (unpaired) electrons. The summed E-state index contributed by atoms with van der Waals surface area (Å²) in [5.74, 6) is 2.34. The predicted molar refractivity (Wildman–Crippen MR) is 83.5 cm³/mol. The summed E-state index contributed by atoms with van der Waals surface area (Å²) >= 11 is 0. The van der Waals surface area contributed by atoms with E-state index < -0.39 is 0 Å². The van der Waals surface area contributed by atoms with Crippen LogP contribution in [-0.4, -0.2) is 13.1 Å². The molecule has 0 bridgehead atoms. The van der Waals surface area contributed by atoms with E-state index in [1.54, 1.807) is 5.56 Å². The lowest BCUT2D eigenvalue weighted by atomic mass is 9.82. The first-order valence-corrected chi connectivity index (χ1v) is 8.03. The molecule has 1 saturated carbocycles. The average Bonchev–Trinajstić information content (AvgIpc) is 2.65. The van der Waals surface area contributed by atoms with Crippen LogP contribution in [0.15, 0.2) is 30.3 Å². The number of rotatable bonds is 5. The quantitative estimate of drug-likeness (QED) is 0.762. The lowest BCUT2D eigenvalue weighted by Crippen LogP contribution is -2.29. The third-order valence-corrected chi connectivity index (χ3v) is 4.35. The van der Waals surface area contributed by atoms with Crippen LogP contribution in [0.25, 0.3) is 0 Å². The highest BCUT2D eigenvalue weighted by atomic mass is 14.9. The molecule has 2 atom stereocenters. The fourth-order valence-corrected chi connectivity index (χ4v) is 3.33. The molecular weight excluding hydrogens is 230 g/mol. The van der Waals surface area contributed by atoms with Gasteiger partial charge in [0.1, 0.15) is 0 Å². The van der Waals surface area contributed by atoms with E-state index in [1.165, 1.54) is 38.6 Å². The Bertz CT molecular complexity index is 344. The Morgan fingerprint density at radius 2 is 1.79 bits per heavy atom. The third kappa shape index (κ3) is 4.65. The molecule has 1 aliphatic carbocycles. The van der Waals surface area contributed by atoms with Crippen molar-refractivity contribution in [2.24, 2.45) is 11.8 Å². The molecule has 1 nitrogen and oxygen atoms in total. The maximum absolute atomic E-state index is 3.68. The molecule has 1 aromatic rings. The highest BCUT2D eigenvalue weighted by Crippen LogP contribution is 2.36. The molecule has 0 aromatic heterocycles. The van der Waals surface area contributed by atoms with Crippen LogP contribution in [0.2, 0.25) is 0 Å². The van der Waals surface area contributed by atoms with Crippen LogP contribution in [0.3, 0.4) is 0 Å². The summed E-state index contributed by atoms with van der Waals surface area (Å²) in [6.07, 6.45) is 7.00. The first-order valence-electron chi connectivity index (χ1n) is 8.03. The summed E-state index contributed by atoms with van der Waals surface area (Å²) in [6.45, 7) is 6.92. The van der Waals surface area contributed by atoms with Crippen molar-refractivity contribution in [3.05, 3.63) is 35.9 Å². The van der Waals surface area contributed by atoms with Crippen molar-refractivity contribution in [3.63, 3.8) is 0 Å². The highest BCUT2D eigenvalue weighted by Gasteiger charge is 2.24. The summed E-state index contributed by atoms with van der Waals surface area (Å²) in [5.41, 5.74) is 1.56. The minimum absolute atomic E-state index is 0.751. The summed E-state index contributed by atoms with van der Waals surface area (Å²) in [4.78, 5) is 0. The largest absolute Gasteiger partial charge is 0.316 e. The van der Waals surface area contributed by atoms with Crippen molar-refractivity contribution in [2.75, 3.05) is 13.1 Å². The van der Waals surface area contributed by atoms with Crippen molar-refractivity contribution in [3.8, 4) is 0 Å². The second-order valence-electron chi connectivity index (χ2n) is 6.47. The van der Waals surface area contributed by atoms with Crippen molar-refractivity contribution < 1.29 is 0 Å². The zero-order valence-corrected chi connectivity index (χ0v) is 12.6. The average molecular weight is 259 g/mol. The lowest BCUT2D eigenvalue weighted by molar-refractivity contribution is 0.366. The standard InChI is InChI=1S/C18H29N/c1-15(2)13-19-14-17-11-7-4-8-12-18(17)16-9-5-3-6-10-16/h3,5-6,9-10,15,17-19H,4,7-8,11-14H2,1-2H3. The van der Waals surface area contributed by atoms with Gasteiger partial charge < -0.3 is 5.32 Å². The minimum atomic E-state index is 0.751. The van der Waals surface area contributed by atoms with Crippen molar-refractivity contribution in [2.45, 2.75) is 51.9 Å². The van der Waals surface area contributed by atoms with Crippen LogP contribution < -0.4 is 5.32 Å². The van der Waals surface area contributed by atoms with E-state index in [2.05, 4.69) is 49.5 Å². The van der Waals surface area contributed by atoms with Crippen LogP contribution in [0.5, 0.6) is 0 Å². The Morgan fingerprint density at radius 3 is 2.53 bits per heavy atom. The summed E-state index contributed by atoms with van der Waals surface area (Å²) in [6, 6.07) is 11.2. The second kappa shape index (κ2) is 7.69. The maximum Gasteiger partial charge on any atom is -0.00146 e. The summed E-state index contributed by atoms with van der Waals surface area (Å²) in [5, 5.41) is 3.68. The molecule has 1 aliphatic rings. The molecule has 106 valence electrons. The number of nitrogens with one attached hydrogen (secondary N) is 1. The molecular formula is C18H29N. The van der Waals surface area contributed by atoms with Gasteiger partial charge in [0.2, 0.25) is 0 Å². The molecule has 19 heavy (non-hydrogen) atoms. The van der Waals surface area contributed by atoms with Gasteiger partial charge in [-0.1, -0.05) is 63.4 Å². The molecule has 0 heterocycles. The SMILES string of the molecule is CC(C)CNCC1CCCCCC1c1ccccc1. The van der Waals surface area contributed by atoms with Gasteiger partial charge in [0.05, 0.1) is 0 Å². The van der Waals surface area contributed by atoms with E-state index >= 15 is 0 Å². The highest BCUT2D eigenvalue weighted by molar-refractivity contribution is 5.20. The molecule has 1 fully saturated rings. The van der Waals surface area contributed by atoms with Gasteiger partial charge in [-0.15, -0.1) is 0 Å². The van der Waals surface area contributed by atoms with Crippen LogP contribution in [0.4, 0.5) is 0 Å². The van der Waals surface area contributed by atoms with Crippen molar-refractivity contribution in [1.82, 2.24) is 5.32 Å². The van der Waals surface area contributed by atoms with Gasteiger partial charge in [-0.2, -0.15) is 0 Å². The predicted octanol–water partition coefficient (Wildman–Crippen LogP) is 4.60. The molecule has 1 heteroatoms. The van der Waals surface area contributed by atoms with E-state index in [4.69, 9.17) is 0 Å². The molecule has 0 amide bonds. The minimum Gasteiger partial charge on any atom is -0.316 e. The van der Waals surface area contributed by atoms with E-state index in [0.29, 0.717) is 0 Å². The normalized spacial score (nSPS) is 24.4. The van der Waals surface area contributed by atoms with Crippen LogP contribution in [-0.2, 0) is 0 Å². The molecule has 1 aromatic carbocycles. The monoisotopic (exact) mass is 259 g/mol. The lowest BCUT2D eigenvalue weighted by Gasteiger charge is -2.26. The van der Waals surface area contributed by atoms with Crippen LogP contribution in [0.1, 0.15) is 57.4 Å². The van der Waals surface area contributed by atoms with Gasteiger partial charge in [-0.25, -0.2) is 0 Å². The van der Waals surface area contributed by atoms with E-state index in [1.807, 2.05) is 0 Å². The van der Waals surface area contributed by atoms with E-state index in [9.17, 15) is 0 Å². The Kier molecular flexibility index (Phi) is 5.91. The van der Waals surface area contributed by atoms with Gasteiger partial charge >= 0.3 is 0 Å². The van der Waals surface area contributed by atoms with E-state index in [-0.39, 0.29) is 0 Å². The smallest absolute Gasteiger partial charge is 0.00146 e. The summed E-state index contributed by atoms with van der Waals surface area (Å²) in [7, 11) is 0. The van der Waals surface area contributed by atoms with Crippen molar-refractivity contribution >= 4 is 0 Å². The fraction of sp³-hybridized carbons (Fsp3) is 0.667. The van der Waals surface area contributed by atoms with Gasteiger partial charge in [-0.05, 0) is 49.2 Å². The first-order chi connectivity index (χ1) is 9.27. The number of hydrogen-bond acceptors (Lipinski definition) is 1. The maximum atomic E-state index is 3.68. The summed E-state index contributed by atoms with van der Waals surface area (Å²) < 4.78 is 0. The van der Waals surface area contributed by atoms with Crippen molar-refractivity contribution in [1.29, 1.82) is 0 Å². The van der Waals surface area contributed by atoms with Crippen LogP contribution in [0, 0.1) is 11.8 Å². The molecule has 0 aliphatic heterocycles. The van der Waals surface area contributed by atoms with E-state index in [0.717, 1.165) is 24.3 Å². The number of benzene rings is 1. The first kappa shape index (κ1) is 14.6. The topological polar surface area (TPSA) is 12.0 Å². The Morgan fingerprint density at radius 1 is 1.05 bits per heavy atom. The zero-order valence-electron chi connectivity index (χ0n) is 12.6. The van der Waals surface area contributed by atoms with Gasteiger partial charge in [0.25, 0.3) is 0 Å².